The molecule has 0 radical (unpaired) electrons. The van der Waals surface area contributed by atoms with E-state index in [0.29, 0.717) is 5.75 Å². The monoisotopic (exact) mass is 193 g/mol. The minimum Gasteiger partial charge on any atom is -0.508 e. The minimum atomic E-state index is -0.160. The van der Waals surface area contributed by atoms with Crippen LogP contribution in [0.4, 0.5) is 0 Å². The molecule has 76 valence electrons. The normalized spacial score (nSPS) is 22.8. The van der Waals surface area contributed by atoms with E-state index in [1.54, 1.807) is 12.1 Å². The predicted octanol–water partition coefficient (Wildman–Crippen LogP) is 0.959. The molecule has 1 saturated heterocycles. The molecule has 1 heterocycles. The summed E-state index contributed by atoms with van der Waals surface area (Å²) in [6, 6.07) is 7.23. The van der Waals surface area contributed by atoms with E-state index in [2.05, 4.69) is 4.90 Å². The summed E-state index contributed by atoms with van der Waals surface area (Å²) in [5.41, 5.74) is 1.18. The third-order valence-electron chi connectivity index (χ3n) is 2.59. The summed E-state index contributed by atoms with van der Waals surface area (Å²) >= 11 is 0. The van der Waals surface area contributed by atoms with E-state index in [0.717, 1.165) is 26.1 Å². The number of phenolic OH excluding ortho intramolecular Hbond substituents is 1. The smallest absolute Gasteiger partial charge is 0.115 e. The average Bonchev–Trinajstić information content (AvgIpc) is 2.56. The van der Waals surface area contributed by atoms with Crippen LogP contribution in [0.15, 0.2) is 24.3 Å². The number of benzene rings is 1. The summed E-state index contributed by atoms with van der Waals surface area (Å²) in [7, 11) is 0. The van der Waals surface area contributed by atoms with Gasteiger partial charge in [-0.1, -0.05) is 12.1 Å². The van der Waals surface area contributed by atoms with Gasteiger partial charge in [0.2, 0.25) is 0 Å². The van der Waals surface area contributed by atoms with Gasteiger partial charge in [0, 0.05) is 19.6 Å². The molecule has 1 aliphatic heterocycles. The van der Waals surface area contributed by atoms with E-state index in [1.807, 2.05) is 12.1 Å². The molecule has 1 aromatic rings. The first-order valence-electron chi connectivity index (χ1n) is 4.92. The van der Waals surface area contributed by atoms with Crippen LogP contribution in [0.1, 0.15) is 12.0 Å². The first-order chi connectivity index (χ1) is 6.74. The van der Waals surface area contributed by atoms with Crippen molar-refractivity contribution < 1.29 is 10.2 Å². The Balaban J connectivity index is 1.94. The quantitative estimate of drug-likeness (QED) is 0.735. The summed E-state index contributed by atoms with van der Waals surface area (Å²) < 4.78 is 0. The predicted molar refractivity (Wildman–Crippen MR) is 54.0 cm³/mol. The molecular weight excluding hydrogens is 178 g/mol. The van der Waals surface area contributed by atoms with Crippen LogP contribution in [0.25, 0.3) is 0 Å². The van der Waals surface area contributed by atoms with E-state index < -0.39 is 0 Å². The summed E-state index contributed by atoms with van der Waals surface area (Å²) in [6.07, 6.45) is 0.713. The Kier molecular flexibility index (Phi) is 2.70. The Morgan fingerprint density at radius 2 is 2.00 bits per heavy atom. The van der Waals surface area contributed by atoms with Gasteiger partial charge in [0.25, 0.3) is 0 Å². The number of aliphatic hydroxyl groups is 1. The van der Waals surface area contributed by atoms with Crippen molar-refractivity contribution in [2.45, 2.75) is 19.1 Å². The van der Waals surface area contributed by atoms with Crippen molar-refractivity contribution >= 4 is 0 Å². The zero-order valence-corrected chi connectivity index (χ0v) is 8.06. The van der Waals surface area contributed by atoms with Crippen molar-refractivity contribution in [3.8, 4) is 5.75 Å². The van der Waals surface area contributed by atoms with Crippen LogP contribution >= 0.6 is 0 Å². The molecule has 3 nitrogen and oxygen atoms in total. The summed E-state index contributed by atoms with van der Waals surface area (Å²) in [5.74, 6) is 0.301. The van der Waals surface area contributed by atoms with Crippen molar-refractivity contribution in [1.29, 1.82) is 0 Å². The number of phenols is 1. The number of rotatable bonds is 2. The van der Waals surface area contributed by atoms with Gasteiger partial charge in [0.15, 0.2) is 0 Å². The van der Waals surface area contributed by atoms with Crippen LogP contribution in [-0.2, 0) is 6.54 Å². The lowest BCUT2D eigenvalue weighted by Crippen LogP contribution is -2.21. The van der Waals surface area contributed by atoms with Gasteiger partial charge < -0.3 is 10.2 Å². The maximum Gasteiger partial charge on any atom is 0.115 e. The van der Waals surface area contributed by atoms with Crippen LogP contribution in [0.3, 0.4) is 0 Å². The average molecular weight is 193 g/mol. The highest BCUT2D eigenvalue weighted by atomic mass is 16.3. The Morgan fingerprint density at radius 3 is 2.57 bits per heavy atom. The lowest BCUT2D eigenvalue weighted by atomic mass is 10.2. The molecule has 0 amide bonds. The number of nitrogens with zero attached hydrogens (tertiary/aromatic N) is 1. The van der Waals surface area contributed by atoms with Gasteiger partial charge in [-0.15, -0.1) is 0 Å². The Labute approximate surface area is 83.6 Å². The second-order valence-electron chi connectivity index (χ2n) is 3.84. The minimum absolute atomic E-state index is 0.160. The Hall–Kier alpha value is -1.06. The molecular formula is C11H15NO2. The van der Waals surface area contributed by atoms with E-state index in [4.69, 9.17) is 5.11 Å². The molecule has 14 heavy (non-hydrogen) atoms. The first-order valence-corrected chi connectivity index (χ1v) is 4.92. The summed E-state index contributed by atoms with van der Waals surface area (Å²) in [4.78, 5) is 2.22. The number of aliphatic hydroxyl groups excluding tert-OH is 1. The van der Waals surface area contributed by atoms with Gasteiger partial charge in [0.1, 0.15) is 5.75 Å². The lowest BCUT2D eigenvalue weighted by Gasteiger charge is -2.14. The highest BCUT2D eigenvalue weighted by Gasteiger charge is 2.19. The van der Waals surface area contributed by atoms with Gasteiger partial charge in [-0.2, -0.15) is 0 Å². The van der Waals surface area contributed by atoms with Gasteiger partial charge in [0.05, 0.1) is 6.10 Å². The number of β-amino-alcohol motifs (C(OH)–C–C–N with tert-alkyl or cyclic N) is 1. The molecule has 3 heteroatoms. The number of aromatic hydroxyl groups is 1. The Bertz CT molecular complexity index is 297. The molecule has 0 saturated carbocycles. The zero-order valence-electron chi connectivity index (χ0n) is 8.06. The van der Waals surface area contributed by atoms with Crippen LogP contribution < -0.4 is 0 Å². The highest BCUT2D eigenvalue weighted by Crippen LogP contribution is 2.15. The van der Waals surface area contributed by atoms with Gasteiger partial charge in [-0.3, -0.25) is 4.90 Å². The SMILES string of the molecule is Oc1ccc(CN2CCC(O)C2)cc1. The topological polar surface area (TPSA) is 43.7 Å². The molecule has 2 N–H and O–H groups in total. The molecule has 2 rings (SSSR count). The van der Waals surface area contributed by atoms with E-state index in [9.17, 15) is 5.11 Å². The maximum atomic E-state index is 9.34. The van der Waals surface area contributed by atoms with Crippen LogP contribution in [0.2, 0.25) is 0 Å². The number of hydrogen-bond acceptors (Lipinski definition) is 3. The van der Waals surface area contributed by atoms with Gasteiger partial charge in [-0.25, -0.2) is 0 Å². The van der Waals surface area contributed by atoms with Crippen molar-refractivity contribution in [2.24, 2.45) is 0 Å². The van der Waals surface area contributed by atoms with Crippen LogP contribution in [0, 0.1) is 0 Å². The second kappa shape index (κ2) is 3.98. The first kappa shape index (κ1) is 9.49. The summed E-state index contributed by atoms with van der Waals surface area (Å²) in [6.45, 7) is 2.58. The fourth-order valence-corrected chi connectivity index (χ4v) is 1.82. The molecule has 0 bridgehead atoms. The maximum absolute atomic E-state index is 9.34. The van der Waals surface area contributed by atoms with Gasteiger partial charge in [-0.05, 0) is 24.1 Å². The standard InChI is InChI=1S/C11H15NO2/c13-10-3-1-9(2-4-10)7-12-6-5-11(14)8-12/h1-4,11,13-14H,5-8H2. The largest absolute Gasteiger partial charge is 0.508 e. The zero-order chi connectivity index (χ0) is 9.97. The van der Waals surface area contributed by atoms with Gasteiger partial charge >= 0.3 is 0 Å². The van der Waals surface area contributed by atoms with Crippen LogP contribution in [0.5, 0.6) is 5.75 Å². The Morgan fingerprint density at radius 1 is 1.29 bits per heavy atom. The van der Waals surface area contributed by atoms with Crippen molar-refractivity contribution in [1.82, 2.24) is 4.90 Å². The van der Waals surface area contributed by atoms with E-state index in [-0.39, 0.29) is 6.10 Å². The van der Waals surface area contributed by atoms with Crippen molar-refractivity contribution in [3.05, 3.63) is 29.8 Å². The third-order valence-corrected chi connectivity index (χ3v) is 2.59. The van der Waals surface area contributed by atoms with Crippen molar-refractivity contribution in [3.63, 3.8) is 0 Å². The van der Waals surface area contributed by atoms with E-state index in [1.165, 1.54) is 5.56 Å². The second-order valence-corrected chi connectivity index (χ2v) is 3.84. The summed E-state index contributed by atoms with van der Waals surface area (Å²) in [5, 5.41) is 18.4. The molecule has 0 aromatic heterocycles. The lowest BCUT2D eigenvalue weighted by molar-refractivity contribution is 0.175. The highest BCUT2D eigenvalue weighted by molar-refractivity contribution is 5.25. The molecule has 1 atom stereocenters. The molecule has 1 aliphatic rings. The molecule has 1 fully saturated rings. The van der Waals surface area contributed by atoms with Crippen molar-refractivity contribution in [2.75, 3.05) is 13.1 Å². The molecule has 1 aromatic carbocycles. The fourth-order valence-electron chi connectivity index (χ4n) is 1.82. The molecule has 0 spiro atoms. The fraction of sp³-hybridized carbons (Fsp3) is 0.455. The molecule has 0 aliphatic carbocycles. The number of hydrogen-bond donors (Lipinski definition) is 2. The van der Waals surface area contributed by atoms with Crippen LogP contribution in [-0.4, -0.2) is 34.3 Å². The third kappa shape index (κ3) is 2.25. The number of likely N-dealkylation sites (tertiary alicyclic amines) is 1. The molecule has 1 unspecified atom stereocenters. The van der Waals surface area contributed by atoms with E-state index >= 15 is 0 Å².